The molecule has 0 saturated heterocycles. The molecule has 0 aromatic heterocycles. The van der Waals surface area contributed by atoms with Gasteiger partial charge in [-0.1, -0.05) is 96.8 Å². The molecule has 0 aromatic carbocycles. The monoisotopic (exact) mass is 423 g/mol. The van der Waals surface area contributed by atoms with Gasteiger partial charge in [0.2, 0.25) is 10.4 Å². The summed E-state index contributed by atoms with van der Waals surface area (Å²) in [4.78, 5) is 0. The van der Waals surface area contributed by atoms with E-state index < -0.39 is 10.4 Å². The Labute approximate surface area is 176 Å². The van der Waals surface area contributed by atoms with Crippen molar-refractivity contribution < 1.29 is 22.0 Å². The van der Waals surface area contributed by atoms with Crippen molar-refractivity contribution in [2.24, 2.45) is 0 Å². The van der Waals surface area contributed by atoms with Crippen molar-refractivity contribution in [2.75, 3.05) is 27.2 Å². The Kier molecular flexibility index (Phi) is 21.6. The van der Waals surface area contributed by atoms with Crippen molar-refractivity contribution >= 4 is 10.4 Å². The minimum Gasteiger partial charge on any atom is -0.726 e. The summed E-state index contributed by atoms with van der Waals surface area (Å²) in [5, 5.41) is 0. The lowest BCUT2D eigenvalue weighted by Crippen LogP contribution is -2.39. The van der Waals surface area contributed by atoms with Crippen LogP contribution in [0.3, 0.4) is 0 Å². The lowest BCUT2D eigenvalue weighted by Gasteiger charge is -2.28. The maximum absolute atomic E-state index is 8.63. The molecular weight excluding hydrogens is 374 g/mol. The highest BCUT2D eigenvalue weighted by Gasteiger charge is 2.09. The largest absolute Gasteiger partial charge is 0.726 e. The van der Waals surface area contributed by atoms with E-state index in [0.29, 0.717) is 0 Å². The number of hydrogen-bond acceptors (Lipinski definition) is 3. The van der Waals surface area contributed by atoms with Crippen LogP contribution in [0.2, 0.25) is 0 Å². The van der Waals surface area contributed by atoms with Crippen LogP contribution < -0.4 is 0 Å². The molecule has 0 bridgehead atoms. The smallest absolute Gasteiger partial charge is 0.215 e. The fourth-order valence-electron chi connectivity index (χ4n) is 3.25. The van der Waals surface area contributed by atoms with Crippen LogP contribution in [0.4, 0.5) is 0 Å². The van der Waals surface area contributed by atoms with Gasteiger partial charge in [-0.2, -0.15) is 0 Å². The predicted octanol–water partition coefficient (Wildman–Crippen LogP) is 6.35. The third-order valence-corrected chi connectivity index (χ3v) is 5.47. The summed E-state index contributed by atoms with van der Waals surface area (Å²) in [7, 11) is -0.212. The van der Waals surface area contributed by atoms with Crippen LogP contribution in [-0.2, 0) is 10.4 Å². The summed E-state index contributed by atoms with van der Waals surface area (Å²) >= 11 is 0. The van der Waals surface area contributed by atoms with E-state index in [-0.39, 0.29) is 0 Å². The zero-order valence-corrected chi connectivity index (χ0v) is 20.1. The van der Waals surface area contributed by atoms with E-state index in [9.17, 15) is 0 Å². The second-order valence-corrected chi connectivity index (χ2v) is 9.56. The summed E-state index contributed by atoms with van der Waals surface area (Å²) in [6, 6.07) is 0. The Morgan fingerprint density at radius 2 is 0.893 bits per heavy atom. The Morgan fingerprint density at radius 1 is 0.643 bits per heavy atom. The van der Waals surface area contributed by atoms with Crippen LogP contribution in [0.15, 0.2) is 0 Å². The standard InChI is InChI=1S/C22H48N.H2O4S/c1-5-7-8-9-10-11-12-13-14-15-16-17-18-19-20-21-22-23(3,4)6-2;1-5(2,3)4/h5-22H2,1-4H3;(H2,1,2,3,4)/q+1;/p-1. The minimum atomic E-state index is -4.92. The van der Waals surface area contributed by atoms with Gasteiger partial charge in [0, 0.05) is 0 Å². The quantitative estimate of drug-likeness (QED) is 0.121. The van der Waals surface area contributed by atoms with Gasteiger partial charge in [0.1, 0.15) is 0 Å². The molecule has 0 unspecified atom stereocenters. The first-order valence-electron chi connectivity index (χ1n) is 11.6. The highest BCUT2D eigenvalue weighted by atomic mass is 32.3. The third-order valence-electron chi connectivity index (χ3n) is 5.47. The number of rotatable bonds is 18. The third kappa shape index (κ3) is 33.4. The van der Waals surface area contributed by atoms with Crippen molar-refractivity contribution in [3.8, 4) is 0 Å². The van der Waals surface area contributed by atoms with Crippen molar-refractivity contribution in [2.45, 2.75) is 117 Å². The second-order valence-electron chi connectivity index (χ2n) is 8.71. The van der Waals surface area contributed by atoms with E-state index in [2.05, 4.69) is 27.9 Å². The first kappa shape index (κ1) is 30.0. The van der Waals surface area contributed by atoms with Crippen molar-refractivity contribution in [1.29, 1.82) is 0 Å². The summed E-state index contributed by atoms with van der Waals surface area (Å²) in [5.41, 5.74) is 0. The van der Waals surface area contributed by atoms with Crippen molar-refractivity contribution in [1.82, 2.24) is 0 Å². The molecule has 0 radical (unpaired) electrons. The number of hydrogen-bond donors (Lipinski definition) is 1. The molecule has 0 rings (SSSR count). The molecule has 0 spiro atoms. The predicted molar refractivity (Wildman–Crippen MR) is 119 cm³/mol. The van der Waals surface area contributed by atoms with Gasteiger partial charge in [-0.25, -0.2) is 8.42 Å². The molecule has 1 N–H and O–H groups in total. The van der Waals surface area contributed by atoms with Gasteiger partial charge in [-0.15, -0.1) is 0 Å². The maximum atomic E-state index is 8.63. The van der Waals surface area contributed by atoms with Crippen LogP contribution in [0.25, 0.3) is 0 Å². The highest BCUT2D eigenvalue weighted by molar-refractivity contribution is 7.79. The second kappa shape index (κ2) is 20.1. The molecule has 0 aliphatic heterocycles. The van der Waals surface area contributed by atoms with Gasteiger partial charge in [0.15, 0.2) is 0 Å². The Balaban J connectivity index is 0. The molecular formula is C22H49NO4S. The van der Waals surface area contributed by atoms with Gasteiger partial charge in [-0.05, 0) is 19.8 Å². The zero-order valence-electron chi connectivity index (χ0n) is 19.3. The molecule has 0 amide bonds. The van der Waals surface area contributed by atoms with E-state index in [0.717, 1.165) is 0 Å². The summed E-state index contributed by atoms with van der Waals surface area (Å²) < 4.78 is 34.0. The van der Waals surface area contributed by atoms with Crippen LogP contribution in [0.5, 0.6) is 0 Å². The van der Waals surface area contributed by atoms with Crippen LogP contribution >= 0.6 is 0 Å². The Bertz CT molecular complexity index is 403. The van der Waals surface area contributed by atoms with E-state index in [1.54, 1.807) is 0 Å². The Morgan fingerprint density at radius 3 is 1.14 bits per heavy atom. The van der Waals surface area contributed by atoms with Crippen molar-refractivity contribution in [3.63, 3.8) is 0 Å². The topological polar surface area (TPSA) is 77.4 Å². The molecule has 0 atom stereocenters. The lowest BCUT2D eigenvalue weighted by atomic mass is 10.0. The molecule has 0 aliphatic rings. The Hall–Kier alpha value is -0.170. The molecule has 0 fully saturated rings. The first-order chi connectivity index (χ1) is 13.1. The van der Waals surface area contributed by atoms with Gasteiger partial charge >= 0.3 is 0 Å². The van der Waals surface area contributed by atoms with Gasteiger partial charge in [0.05, 0.1) is 27.2 Å². The molecule has 0 heterocycles. The highest BCUT2D eigenvalue weighted by Crippen LogP contribution is 2.14. The van der Waals surface area contributed by atoms with Crippen LogP contribution in [0.1, 0.15) is 117 Å². The minimum absolute atomic E-state index is 1.19. The number of quaternary nitrogens is 1. The molecule has 0 aromatic rings. The van der Waals surface area contributed by atoms with Crippen molar-refractivity contribution in [3.05, 3.63) is 0 Å². The SMILES string of the molecule is CCCCCCCCCCCCCCCCCC[N+](C)(C)CC.O=S(=O)([O-])O. The molecule has 5 nitrogen and oxygen atoms in total. The van der Waals surface area contributed by atoms with E-state index >= 15 is 0 Å². The summed E-state index contributed by atoms with van der Waals surface area (Å²) in [6.07, 6.45) is 23.4. The molecule has 6 heteroatoms. The molecule has 172 valence electrons. The lowest BCUT2D eigenvalue weighted by molar-refractivity contribution is -0.888. The first-order valence-corrected chi connectivity index (χ1v) is 13.0. The average Bonchev–Trinajstić information content (AvgIpc) is 2.60. The molecule has 0 aliphatic carbocycles. The van der Waals surface area contributed by atoms with Crippen LogP contribution in [-0.4, -0.2) is 49.2 Å². The van der Waals surface area contributed by atoms with Gasteiger partial charge < -0.3 is 9.04 Å². The molecule has 28 heavy (non-hydrogen) atoms. The van der Waals surface area contributed by atoms with E-state index in [4.69, 9.17) is 17.5 Å². The van der Waals surface area contributed by atoms with Gasteiger partial charge in [-0.3, -0.25) is 4.55 Å². The zero-order chi connectivity index (χ0) is 21.7. The number of nitrogens with zero attached hydrogens (tertiary/aromatic N) is 1. The summed E-state index contributed by atoms with van der Waals surface area (Å²) in [6.45, 7) is 7.21. The normalized spacial score (nSPS) is 11.9. The van der Waals surface area contributed by atoms with E-state index in [1.165, 1.54) is 120 Å². The fraction of sp³-hybridized carbons (Fsp3) is 1.00. The summed E-state index contributed by atoms with van der Waals surface area (Å²) in [5.74, 6) is 0. The van der Waals surface area contributed by atoms with Crippen LogP contribution in [0, 0.1) is 0 Å². The molecule has 0 saturated carbocycles. The average molecular weight is 424 g/mol. The maximum Gasteiger partial charge on any atom is 0.215 e. The van der Waals surface area contributed by atoms with E-state index in [1.807, 2.05) is 0 Å². The number of unbranched alkanes of at least 4 members (excludes halogenated alkanes) is 15. The van der Waals surface area contributed by atoms with Gasteiger partial charge in [0.25, 0.3) is 0 Å². The fourth-order valence-corrected chi connectivity index (χ4v) is 3.25.